The van der Waals surface area contributed by atoms with E-state index in [0.29, 0.717) is 5.25 Å². The van der Waals surface area contributed by atoms with Gasteiger partial charge in [0, 0.05) is 16.2 Å². The third-order valence-electron chi connectivity index (χ3n) is 3.64. The van der Waals surface area contributed by atoms with Crippen LogP contribution in [0.15, 0.2) is 29.2 Å². The van der Waals surface area contributed by atoms with Crippen molar-refractivity contribution in [3.63, 3.8) is 0 Å². The van der Waals surface area contributed by atoms with Gasteiger partial charge in [-0.05, 0) is 37.3 Å². The summed E-state index contributed by atoms with van der Waals surface area (Å²) >= 11 is 1.62. The first-order valence-corrected chi connectivity index (χ1v) is 7.25. The van der Waals surface area contributed by atoms with Gasteiger partial charge in [-0.3, -0.25) is 0 Å². The highest BCUT2D eigenvalue weighted by Gasteiger charge is 2.28. The number of rotatable bonds is 3. The summed E-state index contributed by atoms with van der Waals surface area (Å²) in [6, 6.07) is 7.20. The topological polar surface area (TPSA) is 26.0 Å². The van der Waals surface area contributed by atoms with E-state index in [1.165, 1.54) is 18.9 Å². The number of halogens is 1. The normalized spacial score (nSPS) is 29.2. The summed E-state index contributed by atoms with van der Waals surface area (Å²) in [5.74, 6) is 0.641. The van der Waals surface area contributed by atoms with Gasteiger partial charge in [0.15, 0.2) is 0 Å². The van der Waals surface area contributed by atoms with Crippen molar-refractivity contribution in [2.75, 3.05) is 0 Å². The minimum atomic E-state index is -0.122. The van der Waals surface area contributed by atoms with Crippen LogP contribution in [0.2, 0.25) is 0 Å². The van der Waals surface area contributed by atoms with Gasteiger partial charge in [-0.25, -0.2) is 4.39 Å². The first-order chi connectivity index (χ1) is 8.20. The molecule has 17 heavy (non-hydrogen) atoms. The first-order valence-electron chi connectivity index (χ1n) is 6.37. The van der Waals surface area contributed by atoms with E-state index in [2.05, 4.69) is 6.92 Å². The average molecular weight is 253 g/mol. The van der Waals surface area contributed by atoms with Crippen LogP contribution in [-0.4, -0.2) is 11.3 Å². The Balaban J connectivity index is 2.04. The number of thioether (sulfide) groups is 1. The summed E-state index contributed by atoms with van der Waals surface area (Å²) < 4.78 is 13.6. The van der Waals surface area contributed by atoms with Crippen molar-refractivity contribution in [1.29, 1.82) is 0 Å². The SMILES string of the molecule is CCC1CCC(N)C(Sc2ccccc2F)C1. The summed E-state index contributed by atoms with van der Waals surface area (Å²) in [7, 11) is 0. The zero-order valence-corrected chi connectivity index (χ0v) is 11.0. The van der Waals surface area contributed by atoms with Gasteiger partial charge in [0.2, 0.25) is 0 Å². The van der Waals surface area contributed by atoms with E-state index in [-0.39, 0.29) is 11.9 Å². The Morgan fingerprint density at radius 2 is 2.12 bits per heavy atom. The summed E-state index contributed by atoms with van der Waals surface area (Å²) in [4.78, 5) is 0.740. The van der Waals surface area contributed by atoms with Crippen LogP contribution in [0.1, 0.15) is 32.6 Å². The highest BCUT2D eigenvalue weighted by molar-refractivity contribution is 8.00. The van der Waals surface area contributed by atoms with Gasteiger partial charge in [-0.2, -0.15) is 0 Å². The largest absolute Gasteiger partial charge is 0.327 e. The van der Waals surface area contributed by atoms with Crippen molar-refractivity contribution in [3.05, 3.63) is 30.1 Å². The highest BCUT2D eigenvalue weighted by Crippen LogP contribution is 2.37. The number of nitrogens with two attached hydrogens (primary N) is 1. The fourth-order valence-corrected chi connectivity index (χ4v) is 3.79. The number of hydrogen-bond acceptors (Lipinski definition) is 2. The van der Waals surface area contributed by atoms with E-state index >= 15 is 0 Å². The molecule has 1 aromatic rings. The molecule has 0 bridgehead atoms. The lowest BCUT2D eigenvalue weighted by Crippen LogP contribution is -2.38. The molecular weight excluding hydrogens is 233 g/mol. The zero-order chi connectivity index (χ0) is 12.3. The van der Waals surface area contributed by atoms with E-state index < -0.39 is 0 Å². The summed E-state index contributed by atoms with van der Waals surface area (Å²) in [5.41, 5.74) is 6.15. The quantitative estimate of drug-likeness (QED) is 0.886. The Morgan fingerprint density at radius 3 is 2.82 bits per heavy atom. The molecule has 1 fully saturated rings. The fraction of sp³-hybridized carbons (Fsp3) is 0.571. The second-order valence-corrected chi connectivity index (χ2v) is 6.12. The lowest BCUT2D eigenvalue weighted by atomic mass is 9.84. The molecule has 0 aliphatic heterocycles. The van der Waals surface area contributed by atoms with E-state index in [1.54, 1.807) is 17.8 Å². The molecule has 1 aromatic carbocycles. The molecule has 0 radical (unpaired) electrons. The van der Waals surface area contributed by atoms with Gasteiger partial charge in [0.05, 0.1) is 0 Å². The Hall–Kier alpha value is -0.540. The van der Waals surface area contributed by atoms with Crippen molar-refractivity contribution >= 4 is 11.8 Å². The van der Waals surface area contributed by atoms with E-state index in [1.807, 2.05) is 12.1 Å². The molecule has 0 amide bonds. The predicted molar refractivity (Wildman–Crippen MR) is 71.7 cm³/mol. The lowest BCUT2D eigenvalue weighted by Gasteiger charge is -2.33. The molecule has 1 saturated carbocycles. The molecule has 2 N–H and O–H groups in total. The van der Waals surface area contributed by atoms with Crippen molar-refractivity contribution in [3.8, 4) is 0 Å². The van der Waals surface area contributed by atoms with Crippen LogP contribution in [0.3, 0.4) is 0 Å². The maximum absolute atomic E-state index is 13.6. The van der Waals surface area contributed by atoms with Crippen LogP contribution < -0.4 is 5.73 Å². The molecule has 0 saturated heterocycles. The van der Waals surface area contributed by atoms with Crippen LogP contribution in [0, 0.1) is 11.7 Å². The summed E-state index contributed by atoms with van der Waals surface area (Å²) in [6.45, 7) is 2.23. The van der Waals surface area contributed by atoms with Crippen molar-refractivity contribution in [2.24, 2.45) is 11.7 Å². The molecule has 94 valence electrons. The molecule has 0 spiro atoms. The van der Waals surface area contributed by atoms with E-state index in [4.69, 9.17) is 5.73 Å². The fourth-order valence-electron chi connectivity index (χ4n) is 2.44. The summed E-state index contributed by atoms with van der Waals surface area (Å²) in [5, 5.41) is 0.366. The maximum Gasteiger partial charge on any atom is 0.136 e. The minimum Gasteiger partial charge on any atom is -0.327 e. The van der Waals surface area contributed by atoms with Crippen LogP contribution in [0.5, 0.6) is 0 Å². The molecule has 2 rings (SSSR count). The first kappa shape index (κ1) is 12.9. The van der Waals surface area contributed by atoms with Gasteiger partial charge in [-0.15, -0.1) is 11.8 Å². The van der Waals surface area contributed by atoms with Crippen LogP contribution >= 0.6 is 11.8 Å². The van der Waals surface area contributed by atoms with Crippen molar-refractivity contribution < 1.29 is 4.39 Å². The van der Waals surface area contributed by atoms with Crippen LogP contribution in [0.4, 0.5) is 4.39 Å². The minimum absolute atomic E-state index is 0.122. The lowest BCUT2D eigenvalue weighted by molar-refractivity contribution is 0.327. The zero-order valence-electron chi connectivity index (χ0n) is 10.2. The Bertz CT molecular complexity index is 369. The maximum atomic E-state index is 13.6. The van der Waals surface area contributed by atoms with Gasteiger partial charge in [0.25, 0.3) is 0 Å². The van der Waals surface area contributed by atoms with Crippen LogP contribution in [-0.2, 0) is 0 Å². The molecule has 1 nitrogen and oxygen atoms in total. The molecule has 3 unspecified atom stereocenters. The highest BCUT2D eigenvalue weighted by atomic mass is 32.2. The smallest absolute Gasteiger partial charge is 0.136 e. The van der Waals surface area contributed by atoms with Crippen molar-refractivity contribution in [2.45, 2.75) is 48.8 Å². The van der Waals surface area contributed by atoms with E-state index in [0.717, 1.165) is 23.7 Å². The van der Waals surface area contributed by atoms with Gasteiger partial charge >= 0.3 is 0 Å². The molecule has 1 aliphatic carbocycles. The molecule has 0 aromatic heterocycles. The second kappa shape index (κ2) is 5.87. The molecular formula is C14H20FNS. The molecule has 1 aliphatic rings. The summed E-state index contributed by atoms with van der Waals surface area (Å²) in [6.07, 6.45) is 4.63. The van der Waals surface area contributed by atoms with Crippen molar-refractivity contribution in [1.82, 2.24) is 0 Å². The predicted octanol–water partition coefficient (Wildman–Crippen LogP) is 3.82. The number of benzene rings is 1. The standard InChI is InChI=1S/C14H20FNS/c1-2-10-7-8-12(16)14(9-10)17-13-6-4-3-5-11(13)15/h3-6,10,12,14H,2,7-9,16H2,1H3. The Kier molecular flexibility index (Phi) is 4.46. The Labute approximate surface area is 107 Å². The molecule has 0 heterocycles. The Morgan fingerprint density at radius 1 is 1.35 bits per heavy atom. The van der Waals surface area contributed by atoms with Gasteiger partial charge in [0.1, 0.15) is 5.82 Å². The average Bonchev–Trinajstić information content (AvgIpc) is 2.35. The van der Waals surface area contributed by atoms with Gasteiger partial charge in [-0.1, -0.05) is 25.5 Å². The second-order valence-electron chi connectivity index (χ2n) is 4.84. The third-order valence-corrected chi connectivity index (χ3v) is 5.07. The van der Waals surface area contributed by atoms with Crippen LogP contribution in [0.25, 0.3) is 0 Å². The molecule has 3 heteroatoms. The monoisotopic (exact) mass is 253 g/mol. The third kappa shape index (κ3) is 3.23. The molecule has 3 atom stereocenters. The number of hydrogen-bond donors (Lipinski definition) is 1. The van der Waals surface area contributed by atoms with E-state index in [9.17, 15) is 4.39 Å². The van der Waals surface area contributed by atoms with Gasteiger partial charge < -0.3 is 5.73 Å².